The summed E-state index contributed by atoms with van der Waals surface area (Å²) in [6.07, 6.45) is 0.865. The van der Waals surface area contributed by atoms with Gasteiger partial charge in [-0.25, -0.2) is 0 Å². The Kier molecular flexibility index (Phi) is 4.58. The first kappa shape index (κ1) is 13.0. The van der Waals surface area contributed by atoms with Gasteiger partial charge in [0.1, 0.15) is 5.75 Å². The smallest absolute Gasteiger partial charge is 0.134 e. The first-order valence-corrected chi connectivity index (χ1v) is 7.55. The van der Waals surface area contributed by atoms with Crippen LogP contribution in [0.3, 0.4) is 0 Å². The molecule has 2 heterocycles. The monoisotopic (exact) mass is 332 g/mol. The maximum Gasteiger partial charge on any atom is 0.134 e. The Hall–Kier alpha value is -0.400. The van der Waals surface area contributed by atoms with Crippen LogP contribution in [0.15, 0.2) is 27.4 Å². The quantitative estimate of drug-likeness (QED) is 0.652. The number of hydrazine groups is 1. The minimum atomic E-state index is 0.0931. The van der Waals surface area contributed by atoms with Gasteiger partial charge in [-0.2, -0.15) is 0 Å². The van der Waals surface area contributed by atoms with Gasteiger partial charge >= 0.3 is 0 Å². The molecule has 2 aromatic heterocycles. The first-order valence-electron chi connectivity index (χ1n) is 5.06. The molecule has 1 atom stereocenters. The van der Waals surface area contributed by atoms with Gasteiger partial charge in [-0.1, -0.05) is 0 Å². The highest BCUT2D eigenvalue weighted by atomic mass is 79.9. The van der Waals surface area contributed by atoms with Gasteiger partial charge in [-0.15, -0.1) is 22.7 Å². The van der Waals surface area contributed by atoms with Crippen LogP contribution in [-0.4, -0.2) is 7.11 Å². The number of thiophene rings is 2. The highest BCUT2D eigenvalue weighted by molar-refractivity contribution is 9.11. The molecule has 0 aliphatic rings. The van der Waals surface area contributed by atoms with Crippen molar-refractivity contribution >= 4 is 38.6 Å². The second-order valence-electron chi connectivity index (χ2n) is 3.48. The third-order valence-corrected chi connectivity index (χ3v) is 5.09. The molecule has 3 N–H and O–H groups in total. The van der Waals surface area contributed by atoms with Gasteiger partial charge in [0.05, 0.1) is 21.8 Å². The summed E-state index contributed by atoms with van der Waals surface area (Å²) in [6, 6.07) is 6.23. The number of nitrogens with two attached hydrogens (primary N) is 1. The summed E-state index contributed by atoms with van der Waals surface area (Å²) < 4.78 is 6.46. The van der Waals surface area contributed by atoms with Crippen LogP contribution >= 0.6 is 38.6 Å². The number of hydrogen-bond donors (Lipinski definition) is 2. The van der Waals surface area contributed by atoms with Crippen molar-refractivity contribution in [3.63, 3.8) is 0 Å². The van der Waals surface area contributed by atoms with Gasteiger partial charge in [0.25, 0.3) is 0 Å². The number of rotatable bonds is 5. The maximum atomic E-state index is 5.64. The van der Waals surface area contributed by atoms with E-state index in [9.17, 15) is 0 Å². The summed E-state index contributed by atoms with van der Waals surface area (Å²) in [5, 5.41) is 2.02. The average molecular weight is 333 g/mol. The Balaban J connectivity index is 2.16. The molecule has 3 nitrogen and oxygen atoms in total. The Labute approximate surface area is 117 Å². The summed E-state index contributed by atoms with van der Waals surface area (Å²) in [6.45, 7) is 0. The molecular formula is C11H13BrN2OS2. The van der Waals surface area contributed by atoms with E-state index in [2.05, 4.69) is 33.5 Å². The van der Waals surface area contributed by atoms with E-state index < -0.39 is 0 Å². The fourth-order valence-corrected chi connectivity index (χ4v) is 4.07. The van der Waals surface area contributed by atoms with Crippen molar-refractivity contribution in [3.05, 3.63) is 37.1 Å². The third kappa shape index (κ3) is 3.08. The summed E-state index contributed by atoms with van der Waals surface area (Å²) in [5.74, 6) is 6.53. The molecule has 2 aromatic rings. The molecule has 0 spiro atoms. The number of methoxy groups -OCH3 is 1. The molecule has 1 unspecified atom stereocenters. The predicted octanol–water partition coefficient (Wildman–Crippen LogP) is 3.33. The van der Waals surface area contributed by atoms with Crippen LogP contribution in [0.25, 0.3) is 0 Å². The second kappa shape index (κ2) is 5.97. The van der Waals surface area contributed by atoms with E-state index in [1.165, 1.54) is 4.88 Å². The second-order valence-corrected chi connectivity index (χ2v) is 6.98. The van der Waals surface area contributed by atoms with Crippen molar-refractivity contribution in [2.45, 2.75) is 12.5 Å². The van der Waals surface area contributed by atoms with Gasteiger partial charge < -0.3 is 4.74 Å². The highest BCUT2D eigenvalue weighted by Crippen LogP contribution is 2.34. The van der Waals surface area contributed by atoms with Gasteiger partial charge in [-0.3, -0.25) is 11.3 Å². The summed E-state index contributed by atoms with van der Waals surface area (Å²) in [5.41, 5.74) is 2.86. The lowest BCUT2D eigenvalue weighted by Crippen LogP contribution is -2.29. The van der Waals surface area contributed by atoms with E-state index in [1.54, 1.807) is 29.8 Å². The SMILES string of the molecule is COc1ccsc1C(Cc1ccc(Br)s1)NN. The zero-order chi connectivity index (χ0) is 12.3. The van der Waals surface area contributed by atoms with E-state index in [4.69, 9.17) is 10.6 Å². The molecule has 0 aliphatic carbocycles. The van der Waals surface area contributed by atoms with Crippen molar-refractivity contribution in [2.24, 2.45) is 5.84 Å². The average Bonchev–Trinajstić information content (AvgIpc) is 2.94. The molecule has 0 saturated carbocycles. The van der Waals surface area contributed by atoms with Crippen molar-refractivity contribution in [3.8, 4) is 5.75 Å². The predicted molar refractivity (Wildman–Crippen MR) is 76.7 cm³/mol. The van der Waals surface area contributed by atoms with E-state index in [1.807, 2.05) is 11.4 Å². The molecule has 17 heavy (non-hydrogen) atoms. The van der Waals surface area contributed by atoms with Crippen molar-refractivity contribution in [1.29, 1.82) is 0 Å². The minimum Gasteiger partial charge on any atom is -0.496 e. The van der Waals surface area contributed by atoms with E-state index in [-0.39, 0.29) is 6.04 Å². The highest BCUT2D eigenvalue weighted by Gasteiger charge is 2.17. The van der Waals surface area contributed by atoms with Gasteiger partial charge in [0, 0.05) is 11.3 Å². The number of halogens is 1. The van der Waals surface area contributed by atoms with Crippen molar-refractivity contribution in [1.82, 2.24) is 5.43 Å². The zero-order valence-electron chi connectivity index (χ0n) is 9.27. The molecule has 92 valence electrons. The molecule has 0 bridgehead atoms. The van der Waals surface area contributed by atoms with Crippen LogP contribution in [0.5, 0.6) is 5.75 Å². The molecule has 0 radical (unpaired) electrons. The number of hydrogen-bond acceptors (Lipinski definition) is 5. The normalized spacial score (nSPS) is 12.6. The molecule has 0 amide bonds. The van der Waals surface area contributed by atoms with Crippen LogP contribution in [0, 0.1) is 0 Å². The van der Waals surface area contributed by atoms with Crippen LogP contribution in [0.1, 0.15) is 15.8 Å². The fourth-order valence-electron chi connectivity index (χ4n) is 1.62. The third-order valence-electron chi connectivity index (χ3n) is 2.43. The summed E-state index contributed by atoms with van der Waals surface area (Å²) >= 11 is 6.85. The molecule has 0 aliphatic heterocycles. The molecule has 0 fully saturated rings. The lowest BCUT2D eigenvalue weighted by Gasteiger charge is -2.14. The van der Waals surface area contributed by atoms with Crippen molar-refractivity contribution < 1.29 is 4.74 Å². The van der Waals surface area contributed by atoms with E-state index >= 15 is 0 Å². The van der Waals surface area contributed by atoms with Gasteiger partial charge in [0.15, 0.2) is 0 Å². The number of nitrogens with one attached hydrogen (secondary N) is 1. The number of ether oxygens (including phenoxy) is 1. The Bertz CT molecular complexity index is 483. The van der Waals surface area contributed by atoms with Crippen LogP contribution in [0.4, 0.5) is 0 Å². The largest absolute Gasteiger partial charge is 0.496 e. The molecule has 0 saturated heterocycles. The lowest BCUT2D eigenvalue weighted by atomic mass is 10.1. The zero-order valence-corrected chi connectivity index (χ0v) is 12.5. The fraction of sp³-hybridized carbons (Fsp3) is 0.273. The standard InChI is InChI=1S/C11H13BrN2OS2/c1-15-9-4-5-16-11(9)8(14-13)6-7-2-3-10(12)17-7/h2-5,8,14H,6,13H2,1H3. The summed E-state index contributed by atoms with van der Waals surface area (Å²) in [4.78, 5) is 2.43. The topological polar surface area (TPSA) is 47.3 Å². The van der Waals surface area contributed by atoms with Crippen molar-refractivity contribution in [2.75, 3.05) is 7.11 Å². The van der Waals surface area contributed by atoms with E-state index in [0.717, 1.165) is 20.8 Å². The lowest BCUT2D eigenvalue weighted by molar-refractivity contribution is 0.403. The van der Waals surface area contributed by atoms with Crippen LogP contribution < -0.4 is 16.0 Å². The maximum absolute atomic E-state index is 5.64. The molecule has 6 heteroatoms. The Morgan fingerprint density at radius 2 is 2.29 bits per heavy atom. The van der Waals surface area contributed by atoms with Gasteiger partial charge in [0.2, 0.25) is 0 Å². The minimum absolute atomic E-state index is 0.0931. The molecular weight excluding hydrogens is 320 g/mol. The Morgan fingerprint density at radius 3 is 2.88 bits per heavy atom. The Morgan fingerprint density at radius 1 is 1.47 bits per heavy atom. The van der Waals surface area contributed by atoms with Crippen LogP contribution in [-0.2, 0) is 6.42 Å². The first-order chi connectivity index (χ1) is 8.24. The van der Waals surface area contributed by atoms with E-state index in [0.29, 0.717) is 0 Å². The van der Waals surface area contributed by atoms with Gasteiger partial charge in [-0.05, 0) is 39.5 Å². The molecule has 0 aromatic carbocycles. The molecule has 2 rings (SSSR count). The summed E-state index contributed by atoms with van der Waals surface area (Å²) in [7, 11) is 1.68. The van der Waals surface area contributed by atoms with Crippen LogP contribution in [0.2, 0.25) is 0 Å².